The molecule has 0 unspecified atom stereocenters. The quantitative estimate of drug-likeness (QED) is 0.856. The molecule has 1 aliphatic rings. The molecule has 1 fully saturated rings. The maximum Gasteiger partial charge on any atom is 0.227 e. The third-order valence-corrected chi connectivity index (χ3v) is 4.34. The zero-order valence-corrected chi connectivity index (χ0v) is 13.4. The first-order valence-electron chi connectivity index (χ1n) is 7.55. The van der Waals surface area contributed by atoms with Gasteiger partial charge >= 0.3 is 0 Å². The highest BCUT2D eigenvalue weighted by Gasteiger charge is 2.22. The molecule has 1 amide bonds. The lowest BCUT2D eigenvalue weighted by atomic mass is 9.98. The Labute approximate surface area is 127 Å². The number of carbonyl (C=O) groups is 1. The van der Waals surface area contributed by atoms with Crippen molar-refractivity contribution < 1.29 is 14.3 Å². The first-order valence-corrected chi connectivity index (χ1v) is 7.55. The van der Waals surface area contributed by atoms with E-state index in [4.69, 9.17) is 9.47 Å². The van der Waals surface area contributed by atoms with Crippen molar-refractivity contribution in [2.75, 3.05) is 27.3 Å². The third kappa shape index (κ3) is 3.49. The molecule has 1 aliphatic heterocycles. The van der Waals surface area contributed by atoms with E-state index in [0.29, 0.717) is 6.42 Å². The van der Waals surface area contributed by atoms with Gasteiger partial charge in [-0.2, -0.15) is 0 Å². The molecule has 4 heteroatoms. The smallest absolute Gasteiger partial charge is 0.227 e. The molecule has 21 heavy (non-hydrogen) atoms. The molecule has 116 valence electrons. The fraction of sp³-hybridized carbons (Fsp3) is 0.588. The average Bonchev–Trinajstić information content (AvgIpc) is 2.48. The minimum Gasteiger partial charge on any atom is -0.496 e. The molecule has 0 spiro atoms. The van der Waals surface area contributed by atoms with Crippen molar-refractivity contribution in [3.05, 3.63) is 23.3 Å². The Bertz CT molecular complexity index is 505. The molecular weight excluding hydrogens is 266 g/mol. The van der Waals surface area contributed by atoms with Crippen molar-refractivity contribution in [1.82, 2.24) is 4.90 Å². The van der Waals surface area contributed by atoms with E-state index in [-0.39, 0.29) is 5.91 Å². The van der Waals surface area contributed by atoms with Crippen LogP contribution in [0.2, 0.25) is 0 Å². The Kier molecular flexibility index (Phi) is 5.10. The molecule has 0 aliphatic carbocycles. The number of methoxy groups -OCH3 is 2. The zero-order valence-electron chi connectivity index (χ0n) is 13.4. The lowest BCUT2D eigenvalue weighted by Crippen LogP contribution is -2.38. The highest BCUT2D eigenvalue weighted by atomic mass is 16.5. The highest BCUT2D eigenvalue weighted by Crippen LogP contribution is 2.32. The van der Waals surface area contributed by atoms with Gasteiger partial charge in [0.1, 0.15) is 11.5 Å². The van der Waals surface area contributed by atoms with Crippen LogP contribution in [-0.4, -0.2) is 38.1 Å². The first-order chi connectivity index (χ1) is 10.1. The van der Waals surface area contributed by atoms with Gasteiger partial charge in [-0.25, -0.2) is 0 Å². The van der Waals surface area contributed by atoms with Crippen molar-refractivity contribution in [2.45, 2.75) is 33.1 Å². The van der Waals surface area contributed by atoms with Gasteiger partial charge in [-0.3, -0.25) is 4.79 Å². The van der Waals surface area contributed by atoms with Crippen LogP contribution in [0.4, 0.5) is 0 Å². The minimum atomic E-state index is 0.185. The van der Waals surface area contributed by atoms with Crippen LogP contribution in [-0.2, 0) is 11.2 Å². The summed E-state index contributed by atoms with van der Waals surface area (Å²) in [5.74, 6) is 2.46. The number of amides is 1. The van der Waals surface area contributed by atoms with Crippen LogP contribution in [0.1, 0.15) is 30.9 Å². The molecule has 0 bridgehead atoms. The molecule has 2 rings (SSSR count). The maximum absolute atomic E-state index is 12.4. The van der Waals surface area contributed by atoms with Crippen molar-refractivity contribution in [3.63, 3.8) is 0 Å². The summed E-state index contributed by atoms with van der Waals surface area (Å²) in [7, 11) is 3.28. The average molecular weight is 291 g/mol. The van der Waals surface area contributed by atoms with Crippen molar-refractivity contribution in [2.24, 2.45) is 5.92 Å². The molecule has 0 saturated carbocycles. The molecule has 0 atom stereocenters. The highest BCUT2D eigenvalue weighted by molar-refractivity contribution is 5.80. The SMILES string of the molecule is COc1ccc(CC(=O)N2CCC(C)CC2)c(OC)c1C. The van der Waals surface area contributed by atoms with Gasteiger partial charge in [-0.15, -0.1) is 0 Å². The van der Waals surface area contributed by atoms with Crippen LogP contribution in [0.3, 0.4) is 0 Å². The summed E-state index contributed by atoms with van der Waals surface area (Å²) in [4.78, 5) is 14.4. The Morgan fingerprint density at radius 2 is 1.90 bits per heavy atom. The van der Waals surface area contributed by atoms with Gasteiger partial charge in [0.2, 0.25) is 5.91 Å². The number of likely N-dealkylation sites (tertiary alicyclic amines) is 1. The summed E-state index contributed by atoms with van der Waals surface area (Å²) in [5, 5.41) is 0. The summed E-state index contributed by atoms with van der Waals surface area (Å²) < 4.78 is 10.8. The predicted molar refractivity (Wildman–Crippen MR) is 83.0 cm³/mol. The van der Waals surface area contributed by atoms with E-state index in [2.05, 4.69) is 6.92 Å². The van der Waals surface area contributed by atoms with E-state index in [9.17, 15) is 4.79 Å². The van der Waals surface area contributed by atoms with Crippen LogP contribution < -0.4 is 9.47 Å². The van der Waals surface area contributed by atoms with Crippen LogP contribution in [0.5, 0.6) is 11.5 Å². The summed E-state index contributed by atoms with van der Waals surface area (Å²) in [6, 6.07) is 3.83. The molecule has 4 nitrogen and oxygen atoms in total. The Morgan fingerprint density at radius 3 is 2.48 bits per heavy atom. The fourth-order valence-electron chi connectivity index (χ4n) is 2.91. The van der Waals surface area contributed by atoms with E-state index < -0.39 is 0 Å². The van der Waals surface area contributed by atoms with E-state index in [1.165, 1.54) is 0 Å². The second-order valence-electron chi connectivity index (χ2n) is 5.83. The van der Waals surface area contributed by atoms with Gasteiger partial charge in [0.15, 0.2) is 0 Å². The number of rotatable bonds is 4. The summed E-state index contributed by atoms with van der Waals surface area (Å²) in [5.41, 5.74) is 1.87. The van der Waals surface area contributed by atoms with Gasteiger partial charge in [-0.1, -0.05) is 13.0 Å². The molecule has 0 N–H and O–H groups in total. The van der Waals surface area contributed by atoms with Gasteiger partial charge < -0.3 is 14.4 Å². The van der Waals surface area contributed by atoms with Crippen LogP contribution >= 0.6 is 0 Å². The Balaban J connectivity index is 2.12. The molecule has 1 aromatic rings. The molecule has 0 aromatic heterocycles. The molecule has 1 heterocycles. The van der Waals surface area contributed by atoms with Crippen molar-refractivity contribution >= 4 is 5.91 Å². The number of hydrogen-bond acceptors (Lipinski definition) is 3. The monoisotopic (exact) mass is 291 g/mol. The Hall–Kier alpha value is -1.71. The Morgan fingerprint density at radius 1 is 1.24 bits per heavy atom. The molecule has 0 radical (unpaired) electrons. The molecular formula is C17H25NO3. The third-order valence-electron chi connectivity index (χ3n) is 4.34. The van der Waals surface area contributed by atoms with Gasteiger partial charge in [0, 0.05) is 24.2 Å². The molecule has 1 aromatic carbocycles. The molecule has 1 saturated heterocycles. The van der Waals surface area contributed by atoms with E-state index in [0.717, 1.165) is 54.5 Å². The van der Waals surface area contributed by atoms with Crippen molar-refractivity contribution in [3.8, 4) is 11.5 Å². The summed E-state index contributed by atoms with van der Waals surface area (Å²) >= 11 is 0. The number of nitrogens with zero attached hydrogens (tertiary/aromatic N) is 1. The first kappa shape index (κ1) is 15.7. The normalized spacial score (nSPS) is 15.9. The predicted octanol–water partition coefficient (Wildman–Crippen LogP) is 2.81. The van der Waals surface area contributed by atoms with Crippen LogP contribution in [0, 0.1) is 12.8 Å². The summed E-state index contributed by atoms with van der Waals surface area (Å²) in [6.45, 7) is 5.95. The van der Waals surface area contributed by atoms with E-state index >= 15 is 0 Å². The standard InChI is InChI=1S/C17H25NO3/c1-12-7-9-18(10-8-12)16(19)11-14-5-6-15(20-3)13(2)17(14)21-4/h5-6,12H,7-11H2,1-4H3. The number of ether oxygens (including phenoxy) is 2. The van der Waals surface area contributed by atoms with Gasteiger partial charge in [0.25, 0.3) is 0 Å². The maximum atomic E-state index is 12.4. The van der Waals surface area contributed by atoms with E-state index in [1.807, 2.05) is 24.0 Å². The number of benzene rings is 1. The minimum absolute atomic E-state index is 0.185. The van der Waals surface area contributed by atoms with Gasteiger partial charge in [-0.05, 0) is 31.7 Å². The van der Waals surface area contributed by atoms with E-state index in [1.54, 1.807) is 14.2 Å². The second-order valence-corrected chi connectivity index (χ2v) is 5.83. The second kappa shape index (κ2) is 6.83. The fourth-order valence-corrected chi connectivity index (χ4v) is 2.91. The van der Waals surface area contributed by atoms with Crippen molar-refractivity contribution in [1.29, 1.82) is 0 Å². The number of hydrogen-bond donors (Lipinski definition) is 0. The van der Waals surface area contributed by atoms with Gasteiger partial charge in [0.05, 0.1) is 20.6 Å². The largest absolute Gasteiger partial charge is 0.496 e. The number of carbonyl (C=O) groups excluding carboxylic acids is 1. The zero-order chi connectivity index (χ0) is 15.4. The summed E-state index contributed by atoms with van der Waals surface area (Å²) in [6.07, 6.45) is 2.59. The van der Waals surface area contributed by atoms with Crippen LogP contribution in [0.15, 0.2) is 12.1 Å². The van der Waals surface area contributed by atoms with Crippen LogP contribution in [0.25, 0.3) is 0 Å². The lowest BCUT2D eigenvalue weighted by molar-refractivity contribution is -0.131. The topological polar surface area (TPSA) is 38.8 Å². The lowest BCUT2D eigenvalue weighted by Gasteiger charge is -2.30. The number of piperidine rings is 1.